The van der Waals surface area contributed by atoms with Crippen LogP contribution in [0.2, 0.25) is 0 Å². The summed E-state index contributed by atoms with van der Waals surface area (Å²) in [6.07, 6.45) is -1.81. The van der Waals surface area contributed by atoms with Crippen molar-refractivity contribution in [2.45, 2.75) is 66.9 Å². The van der Waals surface area contributed by atoms with Crippen molar-refractivity contribution >= 4 is 49.5 Å². The van der Waals surface area contributed by atoms with Gasteiger partial charge in [0.2, 0.25) is 0 Å². The Bertz CT molecular complexity index is 1210. The molecule has 2 heterocycles. The normalized spacial score (nSPS) is 20.0. The number of ether oxygens (including phenoxy) is 4. The molecule has 1 aromatic heterocycles. The Morgan fingerprint density at radius 1 is 1.21 bits per heavy atom. The molecule has 0 bridgehead atoms. The third-order valence-corrected chi connectivity index (χ3v) is 10.8. The minimum atomic E-state index is -4.30. The Hall–Kier alpha value is -1.95. The molecule has 13 nitrogen and oxygen atoms in total. The predicted molar refractivity (Wildman–Crippen MR) is 139 cm³/mol. The van der Waals surface area contributed by atoms with Crippen LogP contribution in [0.4, 0.5) is 0 Å². The molecule has 0 amide bonds. The molecule has 1 aliphatic rings. The predicted octanol–water partition coefficient (Wildman–Crippen LogP) is 1.10. The molecule has 0 fully saturated rings. The van der Waals surface area contributed by atoms with Crippen LogP contribution in [0.25, 0.3) is 0 Å². The van der Waals surface area contributed by atoms with E-state index < -0.39 is 56.3 Å². The second-order valence-corrected chi connectivity index (χ2v) is 13.5. The van der Waals surface area contributed by atoms with Crippen LogP contribution < -0.4 is 5.32 Å². The van der Waals surface area contributed by atoms with E-state index in [1.165, 1.54) is 45.4 Å². The van der Waals surface area contributed by atoms with Crippen LogP contribution in [-0.4, -0.2) is 98.1 Å². The van der Waals surface area contributed by atoms with Crippen molar-refractivity contribution in [3.63, 3.8) is 0 Å². The molecule has 216 valence electrons. The maximum absolute atomic E-state index is 13.2. The molecule has 2 rings (SSSR count). The number of fused-ring (bicyclic) bond motifs is 1. The average Bonchev–Trinajstić information content (AvgIpc) is 3.33. The summed E-state index contributed by atoms with van der Waals surface area (Å²) in [5.74, 6) is -1.66. The number of carbonyl (C=O) groups is 2. The number of nitrogens with zero attached hydrogens (tertiary/aromatic N) is 2. The molecule has 1 aromatic rings. The summed E-state index contributed by atoms with van der Waals surface area (Å²) in [6.45, 7) is 7.34. The van der Waals surface area contributed by atoms with E-state index in [0.29, 0.717) is 36.5 Å². The van der Waals surface area contributed by atoms with Crippen LogP contribution in [0.3, 0.4) is 0 Å². The van der Waals surface area contributed by atoms with Crippen LogP contribution >= 0.6 is 11.3 Å². The Morgan fingerprint density at radius 2 is 1.87 bits per heavy atom. The van der Waals surface area contributed by atoms with Gasteiger partial charge in [-0.1, -0.05) is 6.92 Å². The number of hydrogen-bond donors (Lipinski definition) is 1. The molecule has 4 atom stereocenters. The van der Waals surface area contributed by atoms with E-state index in [1.807, 2.05) is 6.92 Å². The van der Waals surface area contributed by atoms with E-state index >= 15 is 0 Å². The van der Waals surface area contributed by atoms with Gasteiger partial charge in [0.05, 0.1) is 6.21 Å². The summed E-state index contributed by atoms with van der Waals surface area (Å²) in [5.41, 5.74) is 0.369. The molecule has 38 heavy (non-hydrogen) atoms. The van der Waals surface area contributed by atoms with Crippen LogP contribution in [0, 0.1) is 0 Å². The highest BCUT2D eigenvalue weighted by atomic mass is 32.3. The topological polar surface area (TPSA) is 167 Å². The Balaban J connectivity index is 2.20. The summed E-state index contributed by atoms with van der Waals surface area (Å²) >= 11 is 0.624. The van der Waals surface area contributed by atoms with E-state index in [4.69, 9.17) is 18.9 Å². The lowest BCUT2D eigenvalue weighted by Gasteiger charge is -2.32. The summed E-state index contributed by atoms with van der Waals surface area (Å²) in [4.78, 5) is 23.9. The molecule has 16 heteroatoms. The zero-order chi connectivity index (χ0) is 28.7. The maximum Gasteiger partial charge on any atom is 0.347 e. The van der Waals surface area contributed by atoms with Gasteiger partial charge >= 0.3 is 11.9 Å². The van der Waals surface area contributed by atoms with E-state index in [1.54, 1.807) is 0 Å². The first-order valence-corrected chi connectivity index (χ1v) is 15.6. The summed E-state index contributed by atoms with van der Waals surface area (Å²) in [6, 6.07) is 0.925. The minimum Gasteiger partial charge on any atom is -0.454 e. The molecule has 1 aliphatic heterocycles. The Kier molecular flexibility index (Phi) is 11.8. The van der Waals surface area contributed by atoms with Gasteiger partial charge in [-0.15, -0.1) is 11.3 Å². The third-order valence-electron chi connectivity index (χ3n) is 5.52. The van der Waals surface area contributed by atoms with Gasteiger partial charge in [-0.25, -0.2) is 18.0 Å². The number of sulfonamides is 2. The van der Waals surface area contributed by atoms with Gasteiger partial charge in [0.25, 0.3) is 20.0 Å². The highest BCUT2D eigenvalue weighted by molar-refractivity contribution is 7.94. The van der Waals surface area contributed by atoms with Crippen LogP contribution in [0.1, 0.15) is 45.7 Å². The molecule has 1 N–H and O–H groups in total. The average molecular weight is 598 g/mol. The van der Waals surface area contributed by atoms with Crippen molar-refractivity contribution in [3.8, 4) is 0 Å². The molecular formula is C22H35N3O10S3. The molecule has 0 aliphatic carbocycles. The molecular weight excluding hydrogens is 562 g/mol. The van der Waals surface area contributed by atoms with Crippen molar-refractivity contribution in [2.75, 3.05) is 40.5 Å². The fourth-order valence-corrected chi connectivity index (χ4v) is 8.23. The van der Waals surface area contributed by atoms with E-state index in [-0.39, 0.29) is 21.5 Å². The van der Waals surface area contributed by atoms with Crippen molar-refractivity contribution < 1.29 is 45.4 Å². The van der Waals surface area contributed by atoms with Gasteiger partial charge in [-0.3, -0.25) is 0 Å². The van der Waals surface area contributed by atoms with Gasteiger partial charge < -0.3 is 24.3 Å². The molecule has 0 aromatic carbocycles. The number of nitrogens with one attached hydrogen (secondary N) is 1. The van der Waals surface area contributed by atoms with E-state index in [9.17, 15) is 26.4 Å². The quantitative estimate of drug-likeness (QED) is 0.185. The monoisotopic (exact) mass is 597 g/mol. The Morgan fingerprint density at radius 3 is 2.47 bits per heavy atom. The number of carbonyl (C=O) groups excluding carboxylic acids is 2. The standard InChI is InChI=1S/C22H35N3O10S3/c1-7-23-18-13-25(9-8-10-32-5)38(30,31)22-17(18)11-19(36-22)37(28,29)24-12-14(2)34-21(27)16(4)35-20(26)15(3)33-6/h11-12,14-16,18,23H,7-10,13H2,1-6H3/t14?,15?,16?,18-/m0/s1. The number of hydrogen-bond acceptors (Lipinski definition) is 12. The molecule has 0 spiro atoms. The number of esters is 2. The lowest BCUT2D eigenvalue weighted by atomic mass is 10.1. The second kappa shape index (κ2) is 13.9. The SMILES string of the molecule is CCN[C@H]1CN(CCCOC)S(=O)(=O)c2sc(S(=O)(=O)N=CC(C)OC(=O)C(C)OC(=O)C(C)OC)cc21. The lowest BCUT2D eigenvalue weighted by molar-refractivity contribution is -0.173. The van der Waals surface area contributed by atoms with Gasteiger partial charge in [-0.05, 0) is 39.8 Å². The molecule has 0 saturated carbocycles. The first-order valence-electron chi connectivity index (χ1n) is 11.9. The molecule has 0 radical (unpaired) electrons. The van der Waals surface area contributed by atoms with Gasteiger partial charge in [0.15, 0.2) is 12.2 Å². The summed E-state index contributed by atoms with van der Waals surface area (Å²) < 4.78 is 76.8. The van der Waals surface area contributed by atoms with Gasteiger partial charge in [0.1, 0.15) is 14.5 Å². The maximum atomic E-state index is 13.2. The fraction of sp³-hybridized carbons (Fsp3) is 0.682. The summed E-state index contributed by atoms with van der Waals surface area (Å²) in [5, 5.41) is 3.20. The molecule has 0 saturated heterocycles. The first-order chi connectivity index (χ1) is 17.8. The van der Waals surface area contributed by atoms with E-state index in [2.05, 4.69) is 9.71 Å². The molecule has 3 unspecified atom stereocenters. The second-order valence-electron chi connectivity index (χ2n) is 8.46. The van der Waals surface area contributed by atoms with Gasteiger partial charge in [-0.2, -0.15) is 17.1 Å². The number of thiophene rings is 1. The minimum absolute atomic E-state index is 0.0544. The van der Waals surface area contributed by atoms with Crippen molar-refractivity contribution in [2.24, 2.45) is 4.40 Å². The van der Waals surface area contributed by atoms with E-state index in [0.717, 1.165) is 6.21 Å². The highest BCUT2D eigenvalue weighted by Crippen LogP contribution is 2.40. The number of rotatable bonds is 14. The smallest absolute Gasteiger partial charge is 0.347 e. The third kappa shape index (κ3) is 8.03. The van der Waals surface area contributed by atoms with Gasteiger partial charge in [0, 0.05) is 45.5 Å². The van der Waals surface area contributed by atoms with Crippen LogP contribution in [0.5, 0.6) is 0 Å². The lowest BCUT2D eigenvalue weighted by Crippen LogP contribution is -2.43. The first kappa shape index (κ1) is 32.3. The fourth-order valence-electron chi connectivity index (χ4n) is 3.41. The largest absolute Gasteiger partial charge is 0.454 e. The zero-order valence-corrected chi connectivity index (χ0v) is 24.7. The van der Waals surface area contributed by atoms with Crippen molar-refractivity contribution in [1.82, 2.24) is 9.62 Å². The Labute approximate surface area is 227 Å². The number of methoxy groups -OCH3 is 2. The van der Waals surface area contributed by atoms with Crippen LogP contribution in [-0.2, 0) is 48.6 Å². The highest BCUT2D eigenvalue weighted by Gasteiger charge is 2.40. The van der Waals surface area contributed by atoms with Crippen molar-refractivity contribution in [3.05, 3.63) is 11.6 Å². The van der Waals surface area contributed by atoms with Crippen molar-refractivity contribution in [1.29, 1.82) is 0 Å². The van der Waals surface area contributed by atoms with Crippen LogP contribution in [0.15, 0.2) is 18.9 Å². The summed E-state index contributed by atoms with van der Waals surface area (Å²) in [7, 11) is -5.37. The number of likely N-dealkylation sites (N-methyl/N-ethyl adjacent to an activating group) is 1. The zero-order valence-electron chi connectivity index (χ0n) is 22.2.